The van der Waals surface area contributed by atoms with E-state index in [-0.39, 0.29) is 0 Å². The van der Waals surface area contributed by atoms with Gasteiger partial charge in [0.05, 0.1) is 0 Å². The van der Waals surface area contributed by atoms with Crippen molar-refractivity contribution >= 4 is 0 Å². The second-order valence-corrected chi connectivity index (χ2v) is 6.79. The highest BCUT2D eigenvalue weighted by Gasteiger charge is 2.26. The summed E-state index contributed by atoms with van der Waals surface area (Å²) >= 11 is 0. The second-order valence-electron chi connectivity index (χ2n) is 6.79. The van der Waals surface area contributed by atoms with Crippen LogP contribution in [0.15, 0.2) is 0 Å². The minimum absolute atomic E-state index is 0.777. The molecule has 18 heavy (non-hydrogen) atoms. The fourth-order valence-corrected chi connectivity index (χ4v) is 3.50. The molecule has 1 heteroatoms. The van der Waals surface area contributed by atoms with E-state index in [0.29, 0.717) is 0 Å². The first kappa shape index (κ1) is 16.0. The summed E-state index contributed by atoms with van der Waals surface area (Å²) in [5, 5.41) is 3.59. The van der Waals surface area contributed by atoms with Gasteiger partial charge in [-0.25, -0.2) is 0 Å². The molecule has 0 radical (unpaired) electrons. The Morgan fingerprint density at radius 3 is 2.22 bits per heavy atom. The van der Waals surface area contributed by atoms with Gasteiger partial charge in [-0.3, -0.25) is 0 Å². The Kier molecular flexibility index (Phi) is 7.97. The minimum Gasteiger partial charge on any atom is -0.317 e. The van der Waals surface area contributed by atoms with Crippen molar-refractivity contribution in [3.05, 3.63) is 0 Å². The molecule has 0 bridgehead atoms. The maximum Gasteiger partial charge on any atom is 0.00924 e. The van der Waals surface area contributed by atoms with Gasteiger partial charge in [0.1, 0.15) is 0 Å². The third kappa shape index (κ3) is 5.73. The van der Waals surface area contributed by atoms with E-state index in [9.17, 15) is 0 Å². The van der Waals surface area contributed by atoms with Crippen LogP contribution in [0.2, 0.25) is 0 Å². The smallest absolute Gasteiger partial charge is 0.00924 e. The van der Waals surface area contributed by atoms with Crippen LogP contribution in [0.5, 0.6) is 0 Å². The number of unbranched alkanes of at least 4 members (excludes halogenated alkanes) is 1. The first-order valence-electron chi connectivity index (χ1n) is 8.34. The van der Waals surface area contributed by atoms with E-state index in [2.05, 4.69) is 33.1 Å². The number of hydrogen-bond acceptors (Lipinski definition) is 1. The number of nitrogens with one attached hydrogen (secondary N) is 1. The van der Waals surface area contributed by atoms with Gasteiger partial charge in [0, 0.05) is 6.04 Å². The van der Waals surface area contributed by atoms with Gasteiger partial charge in [-0.1, -0.05) is 52.9 Å². The monoisotopic (exact) mass is 253 g/mol. The van der Waals surface area contributed by atoms with E-state index in [0.717, 1.165) is 23.8 Å². The molecule has 1 saturated carbocycles. The van der Waals surface area contributed by atoms with Gasteiger partial charge < -0.3 is 5.32 Å². The molecule has 1 aliphatic rings. The quantitative estimate of drug-likeness (QED) is 0.641. The lowest BCUT2D eigenvalue weighted by atomic mass is 9.75. The zero-order valence-corrected chi connectivity index (χ0v) is 13.2. The summed E-state index contributed by atoms with van der Waals surface area (Å²) in [6, 6.07) is 0.777. The van der Waals surface area contributed by atoms with Crippen LogP contribution in [0.25, 0.3) is 0 Å². The van der Waals surface area contributed by atoms with Crippen LogP contribution in [0.1, 0.15) is 78.6 Å². The molecule has 1 nitrogen and oxygen atoms in total. The molecule has 1 atom stereocenters. The summed E-state index contributed by atoms with van der Waals surface area (Å²) in [5.41, 5.74) is 0. The molecule has 0 aromatic heterocycles. The Bertz CT molecular complexity index is 192. The molecule has 0 heterocycles. The third-order valence-electron chi connectivity index (χ3n) is 4.85. The standard InChI is InChI=1S/C17H35N/c1-5-6-7-15-9-11-16(12-10-15)17(18-4)13-8-14(2)3/h14-18H,5-13H2,1-4H3. The molecule has 1 fully saturated rings. The lowest BCUT2D eigenvalue weighted by Gasteiger charge is -2.34. The second kappa shape index (κ2) is 8.96. The van der Waals surface area contributed by atoms with Crippen LogP contribution >= 0.6 is 0 Å². The fourth-order valence-electron chi connectivity index (χ4n) is 3.50. The van der Waals surface area contributed by atoms with Crippen LogP contribution in [0, 0.1) is 17.8 Å². The molecule has 1 aliphatic carbocycles. The molecule has 0 aliphatic heterocycles. The van der Waals surface area contributed by atoms with Crippen molar-refractivity contribution in [2.45, 2.75) is 84.6 Å². The van der Waals surface area contributed by atoms with Gasteiger partial charge in [-0.05, 0) is 50.5 Å². The Morgan fingerprint density at radius 2 is 1.72 bits per heavy atom. The third-order valence-corrected chi connectivity index (χ3v) is 4.85. The molecule has 1 N–H and O–H groups in total. The van der Waals surface area contributed by atoms with Crippen LogP contribution in [-0.2, 0) is 0 Å². The highest BCUT2D eigenvalue weighted by Crippen LogP contribution is 2.34. The van der Waals surface area contributed by atoms with Crippen LogP contribution < -0.4 is 5.32 Å². The minimum atomic E-state index is 0.777. The summed E-state index contributed by atoms with van der Waals surface area (Å²) in [7, 11) is 2.16. The predicted molar refractivity (Wildman–Crippen MR) is 81.9 cm³/mol. The molecule has 0 saturated heterocycles. The average molecular weight is 253 g/mol. The molecule has 108 valence electrons. The highest BCUT2D eigenvalue weighted by molar-refractivity contribution is 4.81. The summed E-state index contributed by atoms with van der Waals surface area (Å²) in [6.07, 6.45) is 13.0. The normalized spacial score (nSPS) is 26.5. The maximum atomic E-state index is 3.59. The van der Waals surface area contributed by atoms with Gasteiger partial charge >= 0.3 is 0 Å². The van der Waals surface area contributed by atoms with Gasteiger partial charge in [0.2, 0.25) is 0 Å². The zero-order chi connectivity index (χ0) is 13.4. The van der Waals surface area contributed by atoms with Crippen molar-refractivity contribution in [1.29, 1.82) is 0 Å². The van der Waals surface area contributed by atoms with Crippen LogP contribution in [-0.4, -0.2) is 13.1 Å². The largest absolute Gasteiger partial charge is 0.317 e. The first-order chi connectivity index (χ1) is 8.67. The van der Waals surface area contributed by atoms with Gasteiger partial charge in [0.25, 0.3) is 0 Å². The van der Waals surface area contributed by atoms with E-state index in [4.69, 9.17) is 0 Å². The summed E-state index contributed by atoms with van der Waals surface area (Å²) in [5.74, 6) is 2.84. The molecule has 0 amide bonds. The predicted octanol–water partition coefficient (Wildman–Crippen LogP) is 5.01. The van der Waals surface area contributed by atoms with Crippen molar-refractivity contribution in [1.82, 2.24) is 5.32 Å². The van der Waals surface area contributed by atoms with Crippen molar-refractivity contribution in [3.63, 3.8) is 0 Å². The van der Waals surface area contributed by atoms with Crippen molar-refractivity contribution in [2.24, 2.45) is 17.8 Å². The zero-order valence-electron chi connectivity index (χ0n) is 13.2. The first-order valence-corrected chi connectivity index (χ1v) is 8.34. The number of rotatable bonds is 8. The summed E-state index contributed by atoms with van der Waals surface area (Å²) in [4.78, 5) is 0. The van der Waals surface area contributed by atoms with E-state index < -0.39 is 0 Å². The lowest BCUT2D eigenvalue weighted by molar-refractivity contribution is 0.206. The molecule has 1 unspecified atom stereocenters. The van der Waals surface area contributed by atoms with Crippen LogP contribution in [0.3, 0.4) is 0 Å². The van der Waals surface area contributed by atoms with Crippen LogP contribution in [0.4, 0.5) is 0 Å². The molecule has 0 aromatic carbocycles. The summed E-state index contributed by atoms with van der Waals surface area (Å²) in [6.45, 7) is 7.00. The van der Waals surface area contributed by atoms with Crippen molar-refractivity contribution in [3.8, 4) is 0 Å². The van der Waals surface area contributed by atoms with Gasteiger partial charge in [-0.2, -0.15) is 0 Å². The van der Waals surface area contributed by atoms with Gasteiger partial charge in [-0.15, -0.1) is 0 Å². The van der Waals surface area contributed by atoms with E-state index >= 15 is 0 Å². The molecular weight excluding hydrogens is 218 g/mol. The van der Waals surface area contributed by atoms with E-state index in [1.807, 2.05) is 0 Å². The van der Waals surface area contributed by atoms with Gasteiger partial charge in [0.15, 0.2) is 0 Å². The molecule has 0 spiro atoms. The Labute approximate surface area is 115 Å². The maximum absolute atomic E-state index is 3.59. The van der Waals surface area contributed by atoms with E-state index in [1.165, 1.54) is 57.8 Å². The molecule has 0 aromatic rings. The Balaban J connectivity index is 2.26. The van der Waals surface area contributed by atoms with E-state index in [1.54, 1.807) is 0 Å². The highest BCUT2D eigenvalue weighted by atomic mass is 14.9. The molecular formula is C17H35N. The Morgan fingerprint density at radius 1 is 1.06 bits per heavy atom. The fraction of sp³-hybridized carbons (Fsp3) is 1.00. The number of hydrogen-bond donors (Lipinski definition) is 1. The Hall–Kier alpha value is -0.0400. The average Bonchev–Trinajstić information content (AvgIpc) is 2.38. The molecule has 1 rings (SSSR count). The van der Waals surface area contributed by atoms with Crippen molar-refractivity contribution < 1.29 is 0 Å². The topological polar surface area (TPSA) is 12.0 Å². The van der Waals surface area contributed by atoms with Crippen molar-refractivity contribution in [2.75, 3.05) is 7.05 Å². The lowest BCUT2D eigenvalue weighted by Crippen LogP contribution is -2.36. The SMILES string of the molecule is CCCCC1CCC(C(CCC(C)C)NC)CC1. The summed E-state index contributed by atoms with van der Waals surface area (Å²) < 4.78 is 0.